The summed E-state index contributed by atoms with van der Waals surface area (Å²) in [6.07, 6.45) is 5.17. The third-order valence-electron chi connectivity index (χ3n) is 3.92. The van der Waals surface area contributed by atoms with Gasteiger partial charge < -0.3 is 9.32 Å². The van der Waals surface area contributed by atoms with Crippen LogP contribution in [0.2, 0.25) is 0 Å². The molecule has 5 heteroatoms. The zero-order valence-corrected chi connectivity index (χ0v) is 12.2. The van der Waals surface area contributed by atoms with Crippen molar-refractivity contribution in [1.82, 2.24) is 9.88 Å². The first-order valence-electron chi connectivity index (χ1n) is 7.21. The summed E-state index contributed by atoms with van der Waals surface area (Å²) in [4.78, 5) is 16.2. The van der Waals surface area contributed by atoms with Crippen LogP contribution in [0.3, 0.4) is 0 Å². The standard InChI is InChI=1S/C15H19ClN2O2/c16-12(10-18-7-3-1-2-4-8-18)11-5-6-13-14(9-11)20-15(19)17-13/h5-6,9,12H,1-4,7-8,10H2,(H,17,19). The third kappa shape index (κ3) is 3.07. The molecule has 2 heterocycles. The summed E-state index contributed by atoms with van der Waals surface area (Å²) in [6, 6.07) is 5.68. The van der Waals surface area contributed by atoms with Crippen molar-refractivity contribution in [2.45, 2.75) is 31.1 Å². The number of rotatable bonds is 3. The number of alkyl halides is 1. The van der Waals surface area contributed by atoms with Gasteiger partial charge in [0, 0.05) is 6.54 Å². The lowest BCUT2D eigenvalue weighted by Crippen LogP contribution is -2.28. The van der Waals surface area contributed by atoms with Gasteiger partial charge in [-0.1, -0.05) is 18.9 Å². The predicted octanol–water partition coefficient (Wildman–Crippen LogP) is 3.28. The second-order valence-electron chi connectivity index (χ2n) is 5.45. The molecule has 2 aromatic rings. The molecule has 1 fully saturated rings. The quantitative estimate of drug-likeness (QED) is 0.884. The molecule has 1 atom stereocenters. The van der Waals surface area contributed by atoms with E-state index in [-0.39, 0.29) is 5.38 Å². The third-order valence-corrected chi connectivity index (χ3v) is 4.31. The normalized spacial score (nSPS) is 19.1. The Morgan fingerprint density at radius 1 is 1.25 bits per heavy atom. The number of likely N-dealkylation sites (tertiary alicyclic amines) is 1. The van der Waals surface area contributed by atoms with Gasteiger partial charge in [-0.3, -0.25) is 4.98 Å². The average molecular weight is 295 g/mol. The van der Waals surface area contributed by atoms with Gasteiger partial charge in [0.15, 0.2) is 5.58 Å². The Labute approximate surface area is 122 Å². The first kappa shape index (κ1) is 13.7. The monoisotopic (exact) mass is 294 g/mol. The Morgan fingerprint density at radius 2 is 2.00 bits per heavy atom. The van der Waals surface area contributed by atoms with Crippen LogP contribution in [0.5, 0.6) is 0 Å². The Kier molecular flexibility index (Phi) is 4.13. The second-order valence-corrected chi connectivity index (χ2v) is 5.98. The Balaban J connectivity index is 1.73. The molecule has 0 spiro atoms. The number of halogens is 1. The highest BCUT2D eigenvalue weighted by atomic mass is 35.5. The molecular formula is C15H19ClN2O2. The molecule has 0 aliphatic carbocycles. The number of nitrogens with one attached hydrogen (secondary N) is 1. The van der Waals surface area contributed by atoms with Gasteiger partial charge in [-0.15, -0.1) is 11.6 Å². The van der Waals surface area contributed by atoms with E-state index in [2.05, 4.69) is 9.88 Å². The van der Waals surface area contributed by atoms with Crippen molar-refractivity contribution in [2.24, 2.45) is 0 Å². The van der Waals surface area contributed by atoms with Crippen molar-refractivity contribution in [3.05, 3.63) is 34.3 Å². The molecular weight excluding hydrogens is 276 g/mol. The summed E-state index contributed by atoms with van der Waals surface area (Å²) < 4.78 is 5.09. The van der Waals surface area contributed by atoms with E-state index in [9.17, 15) is 4.79 Å². The van der Waals surface area contributed by atoms with Crippen LogP contribution in [-0.2, 0) is 0 Å². The zero-order valence-electron chi connectivity index (χ0n) is 11.4. The van der Waals surface area contributed by atoms with Crippen molar-refractivity contribution in [1.29, 1.82) is 0 Å². The SMILES string of the molecule is O=c1[nH]c2ccc(C(Cl)CN3CCCCCC3)cc2o1. The molecule has 20 heavy (non-hydrogen) atoms. The first-order valence-corrected chi connectivity index (χ1v) is 7.65. The minimum atomic E-state index is -0.421. The highest BCUT2D eigenvalue weighted by Gasteiger charge is 2.16. The number of hydrogen-bond donors (Lipinski definition) is 1. The molecule has 1 unspecified atom stereocenters. The number of aromatic amines is 1. The molecule has 1 saturated heterocycles. The van der Waals surface area contributed by atoms with E-state index in [0.29, 0.717) is 5.58 Å². The van der Waals surface area contributed by atoms with E-state index in [1.807, 2.05) is 18.2 Å². The Hall–Kier alpha value is -1.26. The van der Waals surface area contributed by atoms with Gasteiger partial charge in [-0.05, 0) is 43.6 Å². The lowest BCUT2D eigenvalue weighted by molar-refractivity contribution is 0.285. The van der Waals surface area contributed by atoms with Gasteiger partial charge in [0.05, 0.1) is 10.9 Å². The Morgan fingerprint density at radius 3 is 2.75 bits per heavy atom. The van der Waals surface area contributed by atoms with E-state index in [1.165, 1.54) is 25.7 Å². The number of fused-ring (bicyclic) bond motifs is 1. The summed E-state index contributed by atoms with van der Waals surface area (Å²) >= 11 is 6.53. The number of hydrogen-bond acceptors (Lipinski definition) is 3. The van der Waals surface area contributed by atoms with Gasteiger partial charge in [-0.25, -0.2) is 4.79 Å². The fraction of sp³-hybridized carbons (Fsp3) is 0.533. The van der Waals surface area contributed by atoms with Crippen molar-refractivity contribution < 1.29 is 4.42 Å². The topological polar surface area (TPSA) is 49.2 Å². The van der Waals surface area contributed by atoms with Gasteiger partial charge in [0.2, 0.25) is 0 Å². The largest absolute Gasteiger partial charge is 0.417 e. The molecule has 0 saturated carbocycles. The van der Waals surface area contributed by atoms with Crippen LogP contribution in [0.15, 0.2) is 27.4 Å². The van der Waals surface area contributed by atoms with E-state index in [1.54, 1.807) is 0 Å². The summed E-state index contributed by atoms with van der Waals surface area (Å²) in [6.45, 7) is 3.11. The van der Waals surface area contributed by atoms with E-state index in [4.69, 9.17) is 16.0 Å². The smallest absolute Gasteiger partial charge is 0.408 e. The fourth-order valence-corrected chi connectivity index (χ4v) is 3.14. The van der Waals surface area contributed by atoms with Crippen LogP contribution in [-0.4, -0.2) is 29.5 Å². The van der Waals surface area contributed by atoms with Crippen LogP contribution in [0, 0.1) is 0 Å². The van der Waals surface area contributed by atoms with Crippen molar-refractivity contribution in [3.63, 3.8) is 0 Å². The molecule has 108 valence electrons. The van der Waals surface area contributed by atoms with Crippen molar-refractivity contribution in [3.8, 4) is 0 Å². The van der Waals surface area contributed by atoms with E-state index < -0.39 is 5.76 Å². The molecule has 0 amide bonds. The van der Waals surface area contributed by atoms with Gasteiger partial charge in [0.25, 0.3) is 0 Å². The lowest BCUT2D eigenvalue weighted by atomic mass is 10.1. The molecule has 0 radical (unpaired) electrons. The van der Waals surface area contributed by atoms with Crippen LogP contribution in [0.4, 0.5) is 0 Å². The van der Waals surface area contributed by atoms with Crippen LogP contribution >= 0.6 is 11.6 Å². The van der Waals surface area contributed by atoms with E-state index in [0.717, 1.165) is 30.7 Å². The van der Waals surface area contributed by atoms with Crippen molar-refractivity contribution >= 4 is 22.7 Å². The number of H-pyrrole nitrogens is 1. The maximum absolute atomic E-state index is 11.2. The molecule has 3 rings (SSSR count). The average Bonchev–Trinajstić information content (AvgIpc) is 2.62. The lowest BCUT2D eigenvalue weighted by Gasteiger charge is -2.22. The summed E-state index contributed by atoms with van der Waals surface area (Å²) in [5, 5.41) is -0.0716. The van der Waals surface area contributed by atoms with Gasteiger partial charge in [-0.2, -0.15) is 0 Å². The maximum Gasteiger partial charge on any atom is 0.417 e. The molecule has 1 aliphatic rings. The van der Waals surface area contributed by atoms with Crippen LogP contribution < -0.4 is 5.76 Å². The maximum atomic E-state index is 11.2. The highest BCUT2D eigenvalue weighted by Crippen LogP contribution is 2.25. The number of benzene rings is 1. The minimum Gasteiger partial charge on any atom is -0.408 e. The molecule has 1 aromatic heterocycles. The number of nitrogens with zero attached hydrogens (tertiary/aromatic N) is 1. The highest BCUT2D eigenvalue weighted by molar-refractivity contribution is 6.21. The molecule has 1 N–H and O–H groups in total. The van der Waals surface area contributed by atoms with Crippen LogP contribution in [0.25, 0.3) is 11.1 Å². The van der Waals surface area contributed by atoms with Crippen molar-refractivity contribution in [2.75, 3.05) is 19.6 Å². The van der Waals surface area contributed by atoms with Crippen LogP contribution in [0.1, 0.15) is 36.6 Å². The zero-order chi connectivity index (χ0) is 13.9. The first-order chi connectivity index (χ1) is 9.72. The summed E-state index contributed by atoms with van der Waals surface area (Å²) in [5.74, 6) is -0.421. The molecule has 0 bridgehead atoms. The number of aromatic nitrogens is 1. The fourth-order valence-electron chi connectivity index (χ4n) is 2.81. The second kappa shape index (κ2) is 6.02. The summed E-state index contributed by atoms with van der Waals surface area (Å²) in [5.41, 5.74) is 2.30. The van der Waals surface area contributed by atoms with Gasteiger partial charge in [0.1, 0.15) is 0 Å². The predicted molar refractivity (Wildman–Crippen MR) is 80.3 cm³/mol. The number of oxazole rings is 1. The molecule has 1 aliphatic heterocycles. The Bertz CT molecular complexity index is 626. The molecule has 1 aromatic carbocycles. The minimum absolute atomic E-state index is 0.0716. The molecule has 4 nitrogen and oxygen atoms in total. The van der Waals surface area contributed by atoms with E-state index >= 15 is 0 Å². The van der Waals surface area contributed by atoms with Gasteiger partial charge >= 0.3 is 5.76 Å². The summed E-state index contributed by atoms with van der Waals surface area (Å²) in [7, 11) is 0.